The molecule has 16 heavy (non-hydrogen) atoms. The third kappa shape index (κ3) is 2.40. The Morgan fingerprint density at radius 1 is 1.50 bits per heavy atom. The Morgan fingerprint density at radius 2 is 2.31 bits per heavy atom. The monoisotopic (exact) mass is 298 g/mol. The van der Waals surface area contributed by atoms with E-state index in [1.54, 1.807) is 24.4 Å². The molecule has 0 amide bonds. The zero-order chi connectivity index (χ0) is 11.5. The minimum atomic E-state index is -0.943. The number of halogens is 1. The fourth-order valence-electron chi connectivity index (χ4n) is 1.15. The van der Waals surface area contributed by atoms with E-state index in [-0.39, 0.29) is 5.56 Å². The highest BCUT2D eigenvalue weighted by atomic mass is 79.9. The first-order valence-corrected chi connectivity index (χ1v) is 6.03. The van der Waals surface area contributed by atoms with Gasteiger partial charge in [0.25, 0.3) is 0 Å². The second-order valence-corrected chi connectivity index (χ2v) is 4.71. The number of aromatic nitrogens is 1. The number of carboxylic acid groups (broad SMARTS) is 1. The first-order valence-electron chi connectivity index (χ1n) is 4.36. The molecule has 0 aliphatic rings. The molecule has 0 atom stereocenters. The Balaban J connectivity index is 2.26. The highest BCUT2D eigenvalue weighted by Crippen LogP contribution is 2.27. The summed E-state index contributed by atoms with van der Waals surface area (Å²) in [7, 11) is 0. The molecule has 0 aliphatic heterocycles. The van der Waals surface area contributed by atoms with Gasteiger partial charge in [0, 0.05) is 16.0 Å². The van der Waals surface area contributed by atoms with E-state index in [2.05, 4.69) is 26.2 Å². The quantitative estimate of drug-likeness (QED) is 0.912. The summed E-state index contributed by atoms with van der Waals surface area (Å²) in [6, 6.07) is 4.80. The smallest absolute Gasteiger partial charge is 0.335 e. The van der Waals surface area contributed by atoms with Crippen LogP contribution < -0.4 is 5.32 Å². The van der Waals surface area contributed by atoms with Crippen molar-refractivity contribution in [1.82, 2.24) is 4.98 Å². The molecule has 1 aromatic carbocycles. The minimum Gasteiger partial charge on any atom is -0.478 e. The highest BCUT2D eigenvalue weighted by molar-refractivity contribution is 9.10. The van der Waals surface area contributed by atoms with Crippen molar-refractivity contribution in [3.05, 3.63) is 39.8 Å². The van der Waals surface area contributed by atoms with Gasteiger partial charge < -0.3 is 10.4 Å². The molecule has 6 heteroatoms. The number of thiazole rings is 1. The van der Waals surface area contributed by atoms with E-state index in [0.29, 0.717) is 4.47 Å². The third-order valence-electron chi connectivity index (χ3n) is 1.89. The summed E-state index contributed by atoms with van der Waals surface area (Å²) in [6.45, 7) is 0. The van der Waals surface area contributed by atoms with Gasteiger partial charge in [-0.1, -0.05) is 0 Å². The second-order valence-electron chi connectivity index (χ2n) is 2.96. The predicted molar refractivity (Wildman–Crippen MR) is 66.5 cm³/mol. The summed E-state index contributed by atoms with van der Waals surface area (Å²) in [5.41, 5.74) is 1.04. The Labute approximate surface area is 104 Å². The van der Waals surface area contributed by atoms with Gasteiger partial charge in [0.15, 0.2) is 5.13 Å². The summed E-state index contributed by atoms with van der Waals surface area (Å²) in [5, 5.41) is 14.5. The molecule has 1 heterocycles. The fourth-order valence-corrected chi connectivity index (χ4v) is 2.17. The van der Waals surface area contributed by atoms with Crippen molar-refractivity contribution < 1.29 is 9.90 Å². The van der Waals surface area contributed by atoms with Crippen molar-refractivity contribution in [1.29, 1.82) is 0 Å². The topological polar surface area (TPSA) is 62.2 Å². The molecule has 2 aromatic rings. The number of rotatable bonds is 3. The Morgan fingerprint density at radius 3 is 2.88 bits per heavy atom. The molecule has 0 radical (unpaired) electrons. The maximum Gasteiger partial charge on any atom is 0.335 e. The van der Waals surface area contributed by atoms with E-state index in [1.165, 1.54) is 11.3 Å². The van der Waals surface area contributed by atoms with Gasteiger partial charge in [-0.25, -0.2) is 9.78 Å². The van der Waals surface area contributed by atoms with Gasteiger partial charge in [0.2, 0.25) is 0 Å². The Kier molecular flexibility index (Phi) is 3.21. The average Bonchev–Trinajstić information content (AvgIpc) is 2.73. The number of benzene rings is 1. The lowest BCUT2D eigenvalue weighted by atomic mass is 10.2. The van der Waals surface area contributed by atoms with E-state index < -0.39 is 5.97 Å². The molecule has 0 aliphatic carbocycles. The molecular weight excluding hydrogens is 292 g/mol. The number of hydrogen-bond acceptors (Lipinski definition) is 4. The molecular formula is C10H7BrN2O2S. The molecule has 2 rings (SSSR count). The molecule has 4 nitrogen and oxygen atoms in total. The van der Waals surface area contributed by atoms with Crippen LogP contribution in [-0.2, 0) is 0 Å². The van der Waals surface area contributed by atoms with Gasteiger partial charge in [0.1, 0.15) is 0 Å². The van der Waals surface area contributed by atoms with Crippen LogP contribution in [0.5, 0.6) is 0 Å². The van der Waals surface area contributed by atoms with Crippen LogP contribution in [-0.4, -0.2) is 16.1 Å². The maximum absolute atomic E-state index is 10.7. The maximum atomic E-state index is 10.7. The second kappa shape index (κ2) is 4.63. The van der Waals surface area contributed by atoms with Crippen LogP contribution in [0.2, 0.25) is 0 Å². The summed E-state index contributed by atoms with van der Waals surface area (Å²) in [4.78, 5) is 14.8. The van der Waals surface area contributed by atoms with Crippen molar-refractivity contribution >= 4 is 44.1 Å². The van der Waals surface area contributed by atoms with Gasteiger partial charge in [-0.15, -0.1) is 11.3 Å². The van der Waals surface area contributed by atoms with Crippen LogP contribution in [0, 0.1) is 0 Å². The number of nitrogens with zero attached hydrogens (tertiary/aromatic N) is 1. The number of anilines is 2. The van der Waals surface area contributed by atoms with Gasteiger partial charge in [-0.2, -0.15) is 0 Å². The lowest BCUT2D eigenvalue weighted by Gasteiger charge is -2.05. The van der Waals surface area contributed by atoms with Crippen LogP contribution in [0.15, 0.2) is 34.2 Å². The summed E-state index contributed by atoms with van der Waals surface area (Å²) >= 11 is 4.79. The largest absolute Gasteiger partial charge is 0.478 e. The number of hydrogen-bond donors (Lipinski definition) is 2. The molecule has 1 aromatic heterocycles. The van der Waals surface area contributed by atoms with Gasteiger partial charge in [-0.05, 0) is 34.1 Å². The van der Waals surface area contributed by atoms with E-state index >= 15 is 0 Å². The molecule has 0 saturated heterocycles. The molecule has 0 bridgehead atoms. The van der Waals surface area contributed by atoms with Crippen LogP contribution in [0.3, 0.4) is 0 Å². The number of carbonyl (C=O) groups is 1. The van der Waals surface area contributed by atoms with Crippen molar-refractivity contribution in [3.8, 4) is 0 Å². The normalized spacial score (nSPS) is 10.1. The molecule has 0 fully saturated rings. The van der Waals surface area contributed by atoms with E-state index in [1.807, 2.05) is 5.38 Å². The third-order valence-corrected chi connectivity index (χ3v) is 3.23. The number of carboxylic acids is 1. The lowest BCUT2D eigenvalue weighted by Crippen LogP contribution is -1.97. The van der Waals surface area contributed by atoms with E-state index in [0.717, 1.165) is 10.8 Å². The fraction of sp³-hybridized carbons (Fsp3) is 0. The summed E-state index contributed by atoms with van der Waals surface area (Å²) < 4.78 is 0.697. The average molecular weight is 299 g/mol. The van der Waals surface area contributed by atoms with Crippen molar-refractivity contribution in [2.45, 2.75) is 0 Å². The van der Waals surface area contributed by atoms with Gasteiger partial charge in [0.05, 0.1) is 11.3 Å². The van der Waals surface area contributed by atoms with Crippen LogP contribution >= 0.6 is 27.3 Å². The van der Waals surface area contributed by atoms with E-state index in [9.17, 15) is 4.79 Å². The first-order chi connectivity index (χ1) is 7.66. The predicted octanol–water partition coefficient (Wildman–Crippen LogP) is 3.35. The van der Waals surface area contributed by atoms with Crippen LogP contribution in [0.4, 0.5) is 10.8 Å². The molecule has 0 saturated carbocycles. The zero-order valence-electron chi connectivity index (χ0n) is 7.98. The van der Waals surface area contributed by atoms with Gasteiger partial charge in [-0.3, -0.25) is 0 Å². The molecule has 0 unspecified atom stereocenters. The summed E-state index contributed by atoms with van der Waals surface area (Å²) in [6.07, 6.45) is 1.70. The molecule has 0 spiro atoms. The Hall–Kier alpha value is -1.40. The number of aromatic carboxylic acids is 1. The van der Waals surface area contributed by atoms with Crippen molar-refractivity contribution in [2.24, 2.45) is 0 Å². The SMILES string of the molecule is O=C(O)c1ccc(Nc2nccs2)c(Br)c1. The van der Waals surface area contributed by atoms with Crippen LogP contribution in [0.25, 0.3) is 0 Å². The molecule has 2 N–H and O–H groups in total. The van der Waals surface area contributed by atoms with Crippen molar-refractivity contribution in [3.63, 3.8) is 0 Å². The number of nitrogens with one attached hydrogen (secondary N) is 1. The van der Waals surface area contributed by atoms with Crippen LogP contribution in [0.1, 0.15) is 10.4 Å². The molecule has 82 valence electrons. The van der Waals surface area contributed by atoms with Crippen molar-refractivity contribution in [2.75, 3.05) is 5.32 Å². The Bertz CT molecular complexity index is 514. The standard InChI is InChI=1S/C10H7BrN2O2S/c11-7-5-6(9(14)15)1-2-8(7)13-10-12-3-4-16-10/h1-5H,(H,12,13)(H,14,15). The minimum absolute atomic E-state index is 0.247. The lowest BCUT2D eigenvalue weighted by molar-refractivity contribution is 0.0697. The summed E-state index contributed by atoms with van der Waals surface area (Å²) in [5.74, 6) is -0.943. The van der Waals surface area contributed by atoms with E-state index in [4.69, 9.17) is 5.11 Å². The highest BCUT2D eigenvalue weighted by Gasteiger charge is 2.07. The first kappa shape index (κ1) is 11.1. The van der Waals surface area contributed by atoms with Gasteiger partial charge >= 0.3 is 5.97 Å². The zero-order valence-corrected chi connectivity index (χ0v) is 10.4.